The van der Waals surface area contributed by atoms with Crippen molar-refractivity contribution < 1.29 is 14.6 Å². The molecular formula is C16H24N2O3. The zero-order valence-electron chi connectivity index (χ0n) is 13.0. The number of pyridine rings is 1. The molecule has 0 radical (unpaired) electrons. The minimum Gasteiger partial charge on any atom is -0.496 e. The van der Waals surface area contributed by atoms with E-state index in [1.54, 1.807) is 7.11 Å². The standard InChI is InChI=1S/C16H24N2O3/c1-10-8-18-14(11(2)15(10)21-3)9-17-13-6-4-5-12(7-13)16(19)20/h8,12-13,17H,4-7,9H2,1-3H3,(H,19,20). The molecule has 116 valence electrons. The number of nitrogens with zero attached hydrogens (tertiary/aromatic N) is 1. The lowest BCUT2D eigenvalue weighted by molar-refractivity contribution is -0.143. The molecule has 1 aliphatic rings. The minimum atomic E-state index is -0.673. The van der Waals surface area contributed by atoms with Crippen molar-refractivity contribution in [1.82, 2.24) is 10.3 Å². The second kappa shape index (κ2) is 6.89. The summed E-state index contributed by atoms with van der Waals surface area (Å²) < 4.78 is 5.41. The van der Waals surface area contributed by atoms with E-state index in [4.69, 9.17) is 9.84 Å². The summed E-state index contributed by atoms with van der Waals surface area (Å²) in [6.45, 7) is 4.64. The Labute approximate surface area is 125 Å². The first-order chi connectivity index (χ1) is 10.0. The highest BCUT2D eigenvalue weighted by atomic mass is 16.5. The first kappa shape index (κ1) is 15.8. The van der Waals surface area contributed by atoms with Crippen LogP contribution in [-0.2, 0) is 11.3 Å². The number of carboxylic acids is 1. The van der Waals surface area contributed by atoms with Gasteiger partial charge >= 0.3 is 5.97 Å². The molecule has 1 saturated carbocycles. The smallest absolute Gasteiger partial charge is 0.306 e. The molecule has 0 aliphatic heterocycles. The van der Waals surface area contributed by atoms with Crippen LogP contribution < -0.4 is 10.1 Å². The molecule has 0 spiro atoms. The van der Waals surface area contributed by atoms with Crippen LogP contribution in [0.2, 0.25) is 0 Å². The number of nitrogens with one attached hydrogen (secondary N) is 1. The third-order valence-corrected chi connectivity index (χ3v) is 4.33. The van der Waals surface area contributed by atoms with Gasteiger partial charge in [0.05, 0.1) is 18.7 Å². The zero-order valence-corrected chi connectivity index (χ0v) is 13.0. The predicted molar refractivity (Wildman–Crippen MR) is 80.5 cm³/mol. The summed E-state index contributed by atoms with van der Waals surface area (Å²) in [7, 11) is 1.67. The average Bonchev–Trinajstić information content (AvgIpc) is 2.47. The van der Waals surface area contributed by atoms with Crippen molar-refractivity contribution in [1.29, 1.82) is 0 Å². The molecule has 5 heteroatoms. The third-order valence-electron chi connectivity index (χ3n) is 4.33. The molecule has 1 aliphatic carbocycles. The maximum atomic E-state index is 11.1. The van der Waals surface area contributed by atoms with Crippen LogP contribution in [0.4, 0.5) is 0 Å². The van der Waals surface area contributed by atoms with E-state index in [2.05, 4.69) is 10.3 Å². The number of aryl methyl sites for hydroxylation is 1. The lowest BCUT2D eigenvalue weighted by atomic mass is 9.86. The second-order valence-corrected chi connectivity index (χ2v) is 5.83. The first-order valence-corrected chi connectivity index (χ1v) is 7.48. The van der Waals surface area contributed by atoms with Crippen LogP contribution in [-0.4, -0.2) is 29.2 Å². The van der Waals surface area contributed by atoms with Crippen LogP contribution in [0, 0.1) is 19.8 Å². The van der Waals surface area contributed by atoms with Crippen LogP contribution in [0.15, 0.2) is 6.20 Å². The fourth-order valence-corrected chi connectivity index (χ4v) is 3.09. The lowest BCUT2D eigenvalue weighted by Gasteiger charge is -2.27. The minimum absolute atomic E-state index is 0.210. The Bertz CT molecular complexity index is 516. The number of carboxylic acid groups (broad SMARTS) is 1. The SMILES string of the molecule is COc1c(C)cnc(CNC2CCCC(C(=O)O)C2)c1C. The fraction of sp³-hybridized carbons (Fsp3) is 0.625. The summed E-state index contributed by atoms with van der Waals surface area (Å²) in [6.07, 6.45) is 5.33. The fourth-order valence-electron chi connectivity index (χ4n) is 3.09. The maximum absolute atomic E-state index is 11.1. The monoisotopic (exact) mass is 292 g/mol. The van der Waals surface area contributed by atoms with Gasteiger partial charge in [0.1, 0.15) is 5.75 Å². The maximum Gasteiger partial charge on any atom is 0.306 e. The van der Waals surface area contributed by atoms with Crippen LogP contribution in [0.3, 0.4) is 0 Å². The van der Waals surface area contributed by atoms with Gasteiger partial charge in [0, 0.05) is 29.9 Å². The van der Waals surface area contributed by atoms with Crippen molar-refractivity contribution in [2.75, 3.05) is 7.11 Å². The highest BCUT2D eigenvalue weighted by Gasteiger charge is 2.26. The number of rotatable bonds is 5. The van der Waals surface area contributed by atoms with Crippen molar-refractivity contribution in [3.63, 3.8) is 0 Å². The third kappa shape index (κ3) is 3.73. The first-order valence-electron chi connectivity index (χ1n) is 7.48. The van der Waals surface area contributed by atoms with Crippen molar-refractivity contribution in [3.8, 4) is 5.75 Å². The Morgan fingerprint density at radius 3 is 2.90 bits per heavy atom. The summed E-state index contributed by atoms with van der Waals surface area (Å²) in [6, 6.07) is 0.258. The molecule has 2 N–H and O–H groups in total. The molecule has 5 nitrogen and oxygen atoms in total. The normalized spacial score (nSPS) is 22.0. The van der Waals surface area contributed by atoms with E-state index >= 15 is 0 Å². The van der Waals surface area contributed by atoms with Crippen LogP contribution in [0.25, 0.3) is 0 Å². The average molecular weight is 292 g/mol. The van der Waals surface area contributed by atoms with E-state index in [9.17, 15) is 4.79 Å². The zero-order chi connectivity index (χ0) is 15.4. The molecule has 0 saturated heterocycles. The topological polar surface area (TPSA) is 71.5 Å². The van der Waals surface area contributed by atoms with Crippen LogP contribution >= 0.6 is 0 Å². The molecule has 0 amide bonds. The Kier molecular flexibility index (Phi) is 5.17. The number of carbonyl (C=O) groups is 1. The molecule has 2 unspecified atom stereocenters. The van der Waals surface area contributed by atoms with Crippen molar-refractivity contribution in [3.05, 3.63) is 23.0 Å². The summed E-state index contributed by atoms with van der Waals surface area (Å²) >= 11 is 0. The predicted octanol–water partition coefficient (Wildman–Crippen LogP) is 2.44. The van der Waals surface area contributed by atoms with Gasteiger partial charge in [-0.3, -0.25) is 9.78 Å². The van der Waals surface area contributed by atoms with Crippen molar-refractivity contribution in [2.24, 2.45) is 5.92 Å². The summed E-state index contributed by atoms with van der Waals surface area (Å²) in [4.78, 5) is 15.6. The van der Waals surface area contributed by atoms with Gasteiger partial charge in [0.25, 0.3) is 0 Å². The molecular weight excluding hydrogens is 268 g/mol. The Morgan fingerprint density at radius 2 is 2.24 bits per heavy atom. The molecule has 0 aromatic carbocycles. The largest absolute Gasteiger partial charge is 0.496 e. The number of ether oxygens (including phenoxy) is 1. The molecule has 1 fully saturated rings. The highest BCUT2D eigenvalue weighted by molar-refractivity contribution is 5.70. The van der Waals surface area contributed by atoms with E-state index in [1.165, 1.54) is 0 Å². The Balaban J connectivity index is 1.98. The van der Waals surface area contributed by atoms with Gasteiger partial charge in [-0.15, -0.1) is 0 Å². The summed E-state index contributed by atoms with van der Waals surface area (Å²) in [5.41, 5.74) is 3.05. The molecule has 21 heavy (non-hydrogen) atoms. The number of hydrogen-bond donors (Lipinski definition) is 2. The van der Waals surface area contributed by atoms with Crippen molar-refractivity contribution in [2.45, 2.75) is 52.1 Å². The number of aliphatic carboxylic acids is 1. The van der Waals surface area contributed by atoms with Crippen LogP contribution in [0.5, 0.6) is 5.75 Å². The molecule has 1 heterocycles. The van der Waals surface area contributed by atoms with Gasteiger partial charge in [-0.2, -0.15) is 0 Å². The highest BCUT2D eigenvalue weighted by Crippen LogP contribution is 2.26. The second-order valence-electron chi connectivity index (χ2n) is 5.83. The van der Waals surface area contributed by atoms with Gasteiger partial charge in [0.15, 0.2) is 0 Å². The van der Waals surface area contributed by atoms with E-state index in [0.29, 0.717) is 13.0 Å². The summed E-state index contributed by atoms with van der Waals surface area (Å²) in [5.74, 6) is -0.000438. The number of aromatic nitrogens is 1. The van der Waals surface area contributed by atoms with Gasteiger partial charge < -0.3 is 15.2 Å². The molecule has 0 bridgehead atoms. The molecule has 2 rings (SSSR count). The summed E-state index contributed by atoms with van der Waals surface area (Å²) in [5, 5.41) is 12.6. The number of hydrogen-bond acceptors (Lipinski definition) is 4. The van der Waals surface area contributed by atoms with Gasteiger partial charge in [0.2, 0.25) is 0 Å². The quantitative estimate of drug-likeness (QED) is 0.872. The Hall–Kier alpha value is -1.62. The van der Waals surface area contributed by atoms with E-state index in [-0.39, 0.29) is 12.0 Å². The van der Waals surface area contributed by atoms with E-state index < -0.39 is 5.97 Å². The van der Waals surface area contributed by atoms with Crippen molar-refractivity contribution >= 4 is 5.97 Å². The Morgan fingerprint density at radius 1 is 1.48 bits per heavy atom. The number of methoxy groups -OCH3 is 1. The molecule has 2 atom stereocenters. The van der Waals surface area contributed by atoms with E-state index in [0.717, 1.165) is 41.8 Å². The molecule has 1 aromatic rings. The van der Waals surface area contributed by atoms with Crippen LogP contribution in [0.1, 0.15) is 42.5 Å². The van der Waals surface area contributed by atoms with E-state index in [1.807, 2.05) is 20.0 Å². The van der Waals surface area contributed by atoms with Gasteiger partial charge in [-0.25, -0.2) is 0 Å². The van der Waals surface area contributed by atoms with Gasteiger partial charge in [-0.05, 0) is 33.1 Å². The lowest BCUT2D eigenvalue weighted by Crippen LogP contribution is -2.36. The molecule has 1 aromatic heterocycles. The van der Waals surface area contributed by atoms with Gasteiger partial charge in [-0.1, -0.05) is 6.42 Å².